The largest absolute Gasteiger partial charge is 0.320 e. The summed E-state index contributed by atoms with van der Waals surface area (Å²) in [5, 5.41) is 6.54. The van der Waals surface area contributed by atoms with Crippen LogP contribution < -0.4 is 16.4 Å². The van der Waals surface area contributed by atoms with Gasteiger partial charge in [0, 0.05) is 11.4 Å². The van der Waals surface area contributed by atoms with E-state index in [4.69, 9.17) is 0 Å². The Morgan fingerprint density at radius 3 is 1.44 bits per heavy atom. The van der Waals surface area contributed by atoms with E-state index in [1.165, 1.54) is 0 Å². The minimum absolute atomic E-state index is 0.0511. The molecule has 0 amide bonds. The van der Waals surface area contributed by atoms with Crippen molar-refractivity contribution in [3.05, 3.63) is 60.7 Å². The fraction of sp³-hybridized carbons (Fsp3) is 0.0769. The lowest BCUT2D eigenvalue weighted by molar-refractivity contribution is -0.400. The summed E-state index contributed by atoms with van der Waals surface area (Å²) in [5.41, 5.74) is 6.13. The average Bonchev–Trinajstić information content (AvgIpc) is 2.31. The van der Waals surface area contributed by atoms with E-state index >= 15 is 0 Å². The first-order valence-electron chi connectivity index (χ1n) is 5.31. The zero-order chi connectivity index (χ0) is 11.2. The van der Waals surface area contributed by atoms with Crippen LogP contribution in [0.2, 0.25) is 0 Å². The van der Waals surface area contributed by atoms with Crippen LogP contribution in [-0.4, -0.2) is 6.29 Å². The highest BCUT2D eigenvalue weighted by atomic mass is 15.2. The molecule has 0 aliphatic rings. The minimum Gasteiger partial charge on any atom is -0.320 e. The lowest BCUT2D eigenvalue weighted by Crippen LogP contribution is -2.68. The fourth-order valence-corrected chi connectivity index (χ4v) is 1.51. The molecular formula is C13H16N3+. The third-order valence-corrected chi connectivity index (χ3v) is 2.23. The molecule has 0 radical (unpaired) electrons. The highest BCUT2D eigenvalue weighted by molar-refractivity contribution is 5.47. The Morgan fingerprint density at radius 1 is 0.688 bits per heavy atom. The molecule has 2 rings (SSSR count). The van der Waals surface area contributed by atoms with Crippen LogP contribution in [0.4, 0.5) is 11.4 Å². The van der Waals surface area contributed by atoms with Crippen molar-refractivity contribution in [1.29, 1.82) is 0 Å². The monoisotopic (exact) mass is 214 g/mol. The number of para-hydroxylation sites is 2. The van der Waals surface area contributed by atoms with Gasteiger partial charge in [0.15, 0.2) is 0 Å². The Kier molecular flexibility index (Phi) is 3.41. The van der Waals surface area contributed by atoms with E-state index < -0.39 is 0 Å². The highest BCUT2D eigenvalue weighted by Crippen LogP contribution is 2.08. The first-order chi connectivity index (χ1) is 7.84. The first-order valence-corrected chi connectivity index (χ1v) is 5.31. The molecule has 3 nitrogen and oxygen atoms in total. The van der Waals surface area contributed by atoms with Crippen LogP contribution in [0.25, 0.3) is 0 Å². The summed E-state index contributed by atoms with van der Waals surface area (Å²) >= 11 is 0. The van der Waals surface area contributed by atoms with Crippen molar-refractivity contribution in [2.75, 3.05) is 10.6 Å². The second-order valence-electron chi connectivity index (χ2n) is 3.57. The molecule has 0 heterocycles. The van der Waals surface area contributed by atoms with Crippen molar-refractivity contribution >= 4 is 11.4 Å². The van der Waals surface area contributed by atoms with Gasteiger partial charge in [-0.3, -0.25) is 0 Å². The molecule has 0 saturated heterocycles. The quantitative estimate of drug-likeness (QED) is 0.679. The normalized spacial score (nSPS) is 10.1. The van der Waals surface area contributed by atoms with Gasteiger partial charge in [0.05, 0.1) is 0 Å². The molecule has 0 spiro atoms. The molecule has 0 aromatic heterocycles. The van der Waals surface area contributed by atoms with E-state index in [2.05, 4.69) is 16.4 Å². The Bertz CT molecular complexity index is 372. The van der Waals surface area contributed by atoms with E-state index in [1.54, 1.807) is 0 Å². The van der Waals surface area contributed by atoms with Gasteiger partial charge in [0.1, 0.15) is 0 Å². The first kappa shape index (κ1) is 10.5. The van der Waals surface area contributed by atoms with Crippen LogP contribution in [0.3, 0.4) is 0 Å². The predicted octanol–water partition coefficient (Wildman–Crippen LogP) is 1.74. The van der Waals surface area contributed by atoms with Crippen molar-refractivity contribution < 1.29 is 5.73 Å². The summed E-state index contributed by atoms with van der Waals surface area (Å²) < 4.78 is 0. The molecule has 0 aliphatic carbocycles. The minimum atomic E-state index is -0.0511. The molecule has 3 heteroatoms. The number of anilines is 2. The zero-order valence-corrected chi connectivity index (χ0v) is 9.06. The van der Waals surface area contributed by atoms with E-state index in [0.717, 1.165) is 11.4 Å². The summed E-state index contributed by atoms with van der Waals surface area (Å²) in [5.74, 6) is 0. The third kappa shape index (κ3) is 3.00. The number of quaternary nitrogens is 1. The van der Waals surface area contributed by atoms with Crippen molar-refractivity contribution in [1.82, 2.24) is 0 Å². The van der Waals surface area contributed by atoms with Gasteiger partial charge in [0.25, 0.3) is 0 Å². The van der Waals surface area contributed by atoms with E-state index in [9.17, 15) is 0 Å². The summed E-state index contributed by atoms with van der Waals surface area (Å²) in [7, 11) is 0. The molecule has 2 aromatic carbocycles. The standard InChI is InChI=1S/C13H15N3/c14-13(15-11-7-3-1-4-8-11)16-12-9-5-2-6-10-12/h1-10,13,15-16H,14H2/p+1. The van der Waals surface area contributed by atoms with Gasteiger partial charge in [-0.1, -0.05) is 36.4 Å². The SMILES string of the molecule is [NH3+]C(Nc1ccccc1)Nc1ccccc1. The Hall–Kier alpha value is -2.00. The summed E-state index contributed by atoms with van der Waals surface area (Å²) in [6, 6.07) is 20.1. The van der Waals surface area contributed by atoms with Gasteiger partial charge in [-0.2, -0.15) is 0 Å². The van der Waals surface area contributed by atoms with Crippen LogP contribution in [0.15, 0.2) is 60.7 Å². The molecule has 0 fully saturated rings. The third-order valence-electron chi connectivity index (χ3n) is 2.23. The Morgan fingerprint density at radius 2 is 1.06 bits per heavy atom. The van der Waals surface area contributed by atoms with Crippen molar-refractivity contribution in [3.63, 3.8) is 0 Å². The number of benzene rings is 2. The maximum Gasteiger partial charge on any atom is 0.236 e. The molecule has 82 valence electrons. The molecule has 0 atom stereocenters. The van der Waals surface area contributed by atoms with Gasteiger partial charge in [-0.15, -0.1) is 0 Å². The van der Waals surface area contributed by atoms with Gasteiger partial charge >= 0.3 is 0 Å². The van der Waals surface area contributed by atoms with Crippen LogP contribution >= 0.6 is 0 Å². The Labute approximate surface area is 95.3 Å². The van der Waals surface area contributed by atoms with Gasteiger partial charge in [0.2, 0.25) is 6.29 Å². The van der Waals surface area contributed by atoms with Crippen molar-refractivity contribution in [2.24, 2.45) is 0 Å². The molecule has 16 heavy (non-hydrogen) atoms. The number of hydrogen-bond donors (Lipinski definition) is 3. The maximum absolute atomic E-state index is 4.01. The second-order valence-corrected chi connectivity index (χ2v) is 3.57. The average molecular weight is 214 g/mol. The fourth-order valence-electron chi connectivity index (χ4n) is 1.51. The van der Waals surface area contributed by atoms with Crippen LogP contribution in [0.5, 0.6) is 0 Å². The summed E-state index contributed by atoms with van der Waals surface area (Å²) in [4.78, 5) is 0. The lowest BCUT2D eigenvalue weighted by atomic mass is 10.3. The van der Waals surface area contributed by atoms with Gasteiger partial charge in [-0.05, 0) is 24.3 Å². The van der Waals surface area contributed by atoms with Crippen LogP contribution in [0, 0.1) is 0 Å². The van der Waals surface area contributed by atoms with Crippen molar-refractivity contribution in [3.8, 4) is 0 Å². The van der Waals surface area contributed by atoms with Gasteiger partial charge < -0.3 is 16.4 Å². The summed E-state index contributed by atoms with van der Waals surface area (Å²) in [6.07, 6.45) is -0.0511. The Balaban J connectivity index is 1.92. The molecule has 0 aliphatic heterocycles. The van der Waals surface area contributed by atoms with E-state index in [-0.39, 0.29) is 6.29 Å². The molecule has 0 bridgehead atoms. The lowest BCUT2D eigenvalue weighted by Gasteiger charge is -2.14. The topological polar surface area (TPSA) is 51.7 Å². The van der Waals surface area contributed by atoms with Gasteiger partial charge in [-0.25, -0.2) is 0 Å². The number of hydrogen-bond acceptors (Lipinski definition) is 2. The number of nitrogens with one attached hydrogen (secondary N) is 2. The van der Waals surface area contributed by atoms with E-state index in [0.29, 0.717) is 0 Å². The highest BCUT2D eigenvalue weighted by Gasteiger charge is 2.03. The predicted molar refractivity (Wildman–Crippen MR) is 66.8 cm³/mol. The van der Waals surface area contributed by atoms with Crippen LogP contribution in [0.1, 0.15) is 0 Å². The molecule has 0 unspecified atom stereocenters. The van der Waals surface area contributed by atoms with E-state index in [1.807, 2.05) is 60.7 Å². The van der Waals surface area contributed by atoms with Crippen LogP contribution in [-0.2, 0) is 0 Å². The maximum atomic E-state index is 4.01. The molecule has 2 aromatic rings. The zero-order valence-electron chi connectivity index (χ0n) is 9.06. The second kappa shape index (κ2) is 5.19. The summed E-state index contributed by atoms with van der Waals surface area (Å²) in [6.45, 7) is 0. The molecule has 5 N–H and O–H groups in total. The van der Waals surface area contributed by atoms with Crippen molar-refractivity contribution in [2.45, 2.75) is 6.29 Å². The molecule has 0 saturated carbocycles. The number of rotatable bonds is 4. The smallest absolute Gasteiger partial charge is 0.236 e. The molecular weight excluding hydrogens is 198 g/mol.